The number of aromatic amines is 1. The van der Waals surface area contributed by atoms with Crippen molar-refractivity contribution in [2.45, 2.75) is 6.92 Å². The van der Waals surface area contributed by atoms with Crippen molar-refractivity contribution in [2.75, 3.05) is 12.4 Å². The average molecular weight is 298 g/mol. The van der Waals surface area contributed by atoms with Crippen molar-refractivity contribution in [3.05, 3.63) is 58.1 Å². The van der Waals surface area contributed by atoms with Gasteiger partial charge in [-0.1, -0.05) is 6.07 Å². The van der Waals surface area contributed by atoms with E-state index in [2.05, 4.69) is 10.3 Å². The van der Waals surface area contributed by atoms with E-state index in [-0.39, 0.29) is 5.91 Å². The maximum atomic E-state index is 12.3. The van der Waals surface area contributed by atoms with Crippen LogP contribution in [0.5, 0.6) is 5.75 Å². The lowest BCUT2D eigenvalue weighted by Gasteiger charge is -2.09. The Kier molecular flexibility index (Phi) is 3.42. The van der Waals surface area contributed by atoms with Crippen LogP contribution >= 0.6 is 0 Å². The molecule has 0 fully saturated rings. The molecule has 112 valence electrons. The monoisotopic (exact) mass is 298 g/mol. The summed E-state index contributed by atoms with van der Waals surface area (Å²) < 4.78 is 10.1. The zero-order valence-corrected chi connectivity index (χ0v) is 12.1. The van der Waals surface area contributed by atoms with Gasteiger partial charge in [0.15, 0.2) is 5.58 Å². The third-order valence-corrected chi connectivity index (χ3v) is 3.35. The molecule has 2 N–H and O–H groups in total. The topological polar surface area (TPSA) is 84.3 Å². The molecule has 0 spiro atoms. The Morgan fingerprint density at radius 3 is 2.86 bits per heavy atom. The SMILES string of the molecule is COc1cccc(C(=O)Nc2cc3[nH]c(=O)oc3cc2C)c1. The first-order chi connectivity index (χ1) is 10.6. The number of fused-ring (bicyclic) bond motifs is 1. The Balaban J connectivity index is 1.93. The van der Waals surface area contributed by atoms with E-state index in [9.17, 15) is 9.59 Å². The molecule has 0 aliphatic carbocycles. The fraction of sp³-hybridized carbons (Fsp3) is 0.125. The van der Waals surface area contributed by atoms with E-state index in [1.807, 2.05) is 6.92 Å². The van der Waals surface area contributed by atoms with Gasteiger partial charge in [0.2, 0.25) is 0 Å². The molecule has 3 rings (SSSR count). The van der Waals surface area contributed by atoms with Gasteiger partial charge in [-0.2, -0.15) is 0 Å². The van der Waals surface area contributed by atoms with Gasteiger partial charge in [0.25, 0.3) is 5.91 Å². The van der Waals surface area contributed by atoms with Gasteiger partial charge in [0.1, 0.15) is 5.75 Å². The van der Waals surface area contributed by atoms with Crippen LogP contribution in [0.1, 0.15) is 15.9 Å². The number of rotatable bonds is 3. The first kappa shape index (κ1) is 13.9. The minimum absolute atomic E-state index is 0.257. The van der Waals surface area contributed by atoms with E-state index in [4.69, 9.17) is 9.15 Å². The molecule has 0 aliphatic rings. The lowest BCUT2D eigenvalue weighted by molar-refractivity contribution is 0.102. The van der Waals surface area contributed by atoms with E-state index < -0.39 is 5.76 Å². The van der Waals surface area contributed by atoms with Gasteiger partial charge < -0.3 is 14.5 Å². The summed E-state index contributed by atoms with van der Waals surface area (Å²) in [5, 5.41) is 2.82. The lowest BCUT2D eigenvalue weighted by atomic mass is 10.1. The van der Waals surface area contributed by atoms with Gasteiger partial charge in [-0.05, 0) is 42.8 Å². The maximum absolute atomic E-state index is 12.3. The minimum Gasteiger partial charge on any atom is -0.497 e. The Bertz CT molecular complexity index is 908. The van der Waals surface area contributed by atoms with E-state index in [0.717, 1.165) is 5.56 Å². The highest BCUT2D eigenvalue weighted by Crippen LogP contribution is 2.22. The van der Waals surface area contributed by atoms with Crippen LogP contribution < -0.4 is 15.8 Å². The number of H-pyrrole nitrogens is 1. The fourth-order valence-electron chi connectivity index (χ4n) is 2.19. The number of nitrogens with one attached hydrogen (secondary N) is 2. The smallest absolute Gasteiger partial charge is 0.417 e. The summed E-state index contributed by atoms with van der Waals surface area (Å²) in [6.07, 6.45) is 0. The molecular formula is C16H14N2O4. The second-order valence-corrected chi connectivity index (χ2v) is 4.86. The summed E-state index contributed by atoms with van der Waals surface area (Å²) in [5.74, 6) is -0.170. The van der Waals surface area contributed by atoms with Crippen molar-refractivity contribution in [1.82, 2.24) is 4.98 Å². The fourth-order valence-corrected chi connectivity index (χ4v) is 2.19. The predicted molar refractivity (Wildman–Crippen MR) is 82.5 cm³/mol. The van der Waals surface area contributed by atoms with Crippen molar-refractivity contribution in [3.8, 4) is 5.75 Å². The number of oxazole rings is 1. The number of hydrogen-bond acceptors (Lipinski definition) is 4. The number of ether oxygens (including phenoxy) is 1. The highest BCUT2D eigenvalue weighted by Gasteiger charge is 2.11. The van der Waals surface area contributed by atoms with Gasteiger partial charge >= 0.3 is 5.76 Å². The molecule has 3 aromatic rings. The molecule has 0 aliphatic heterocycles. The number of methoxy groups -OCH3 is 1. The number of carbonyl (C=O) groups is 1. The number of anilines is 1. The number of hydrogen-bond donors (Lipinski definition) is 2. The molecule has 1 amide bonds. The zero-order chi connectivity index (χ0) is 15.7. The molecule has 0 atom stereocenters. The molecule has 6 nitrogen and oxygen atoms in total. The van der Waals surface area contributed by atoms with Crippen LogP contribution in [0.25, 0.3) is 11.1 Å². The van der Waals surface area contributed by atoms with Crippen molar-refractivity contribution in [2.24, 2.45) is 0 Å². The second kappa shape index (κ2) is 5.40. The Hall–Kier alpha value is -3.02. The van der Waals surface area contributed by atoms with Crippen LogP contribution in [-0.4, -0.2) is 18.0 Å². The molecule has 22 heavy (non-hydrogen) atoms. The summed E-state index contributed by atoms with van der Waals surface area (Å²) in [6.45, 7) is 1.83. The molecule has 2 aromatic carbocycles. The highest BCUT2D eigenvalue weighted by atomic mass is 16.5. The molecule has 0 unspecified atom stereocenters. The average Bonchev–Trinajstić information content (AvgIpc) is 2.86. The summed E-state index contributed by atoms with van der Waals surface area (Å²) in [7, 11) is 1.55. The maximum Gasteiger partial charge on any atom is 0.417 e. The Morgan fingerprint density at radius 1 is 1.27 bits per heavy atom. The summed E-state index contributed by atoms with van der Waals surface area (Å²) in [4.78, 5) is 26.1. The standard InChI is InChI=1S/C16H14N2O4/c1-9-6-14-13(18-16(20)22-14)8-12(9)17-15(19)10-4-3-5-11(7-10)21-2/h3-8H,1-2H3,(H,17,19)(H,18,20). The summed E-state index contributed by atoms with van der Waals surface area (Å²) >= 11 is 0. The van der Waals surface area contributed by atoms with E-state index >= 15 is 0 Å². The van der Waals surface area contributed by atoms with Crippen LogP contribution in [0, 0.1) is 6.92 Å². The van der Waals surface area contributed by atoms with E-state index in [1.54, 1.807) is 43.5 Å². The summed E-state index contributed by atoms with van der Waals surface area (Å²) in [6, 6.07) is 10.2. The van der Waals surface area contributed by atoms with Crippen LogP contribution in [0.15, 0.2) is 45.6 Å². The van der Waals surface area contributed by atoms with Crippen molar-refractivity contribution in [3.63, 3.8) is 0 Å². The predicted octanol–water partition coefficient (Wildman–Crippen LogP) is 2.69. The van der Waals surface area contributed by atoms with Crippen LogP contribution in [-0.2, 0) is 0 Å². The van der Waals surface area contributed by atoms with Gasteiger partial charge in [-0.15, -0.1) is 0 Å². The first-order valence-corrected chi connectivity index (χ1v) is 6.65. The minimum atomic E-state index is -0.523. The number of aromatic nitrogens is 1. The first-order valence-electron chi connectivity index (χ1n) is 6.65. The molecule has 1 heterocycles. The summed E-state index contributed by atoms with van der Waals surface area (Å²) in [5.41, 5.74) is 2.89. The second-order valence-electron chi connectivity index (χ2n) is 4.86. The number of amides is 1. The molecular weight excluding hydrogens is 284 g/mol. The molecule has 6 heteroatoms. The molecule has 0 radical (unpaired) electrons. The van der Waals surface area contributed by atoms with E-state index in [0.29, 0.717) is 28.1 Å². The third kappa shape index (κ3) is 2.58. The Morgan fingerprint density at radius 2 is 2.09 bits per heavy atom. The molecule has 0 bridgehead atoms. The number of aryl methyl sites for hydroxylation is 1. The molecule has 0 saturated heterocycles. The molecule has 0 saturated carbocycles. The van der Waals surface area contributed by atoms with E-state index in [1.165, 1.54) is 0 Å². The molecule has 1 aromatic heterocycles. The Labute approximate surface area is 125 Å². The normalized spacial score (nSPS) is 10.6. The van der Waals surface area contributed by atoms with Crippen molar-refractivity contribution in [1.29, 1.82) is 0 Å². The lowest BCUT2D eigenvalue weighted by Crippen LogP contribution is -2.12. The van der Waals surface area contributed by atoms with Gasteiger partial charge in [-0.25, -0.2) is 4.79 Å². The third-order valence-electron chi connectivity index (χ3n) is 3.35. The highest BCUT2D eigenvalue weighted by molar-refractivity contribution is 6.05. The largest absolute Gasteiger partial charge is 0.497 e. The zero-order valence-electron chi connectivity index (χ0n) is 12.1. The van der Waals surface area contributed by atoms with Crippen molar-refractivity contribution < 1.29 is 13.9 Å². The van der Waals surface area contributed by atoms with Gasteiger partial charge in [0, 0.05) is 11.3 Å². The van der Waals surface area contributed by atoms with Crippen LogP contribution in [0.2, 0.25) is 0 Å². The van der Waals surface area contributed by atoms with Gasteiger partial charge in [0.05, 0.1) is 12.6 Å². The van der Waals surface area contributed by atoms with Crippen LogP contribution in [0.4, 0.5) is 5.69 Å². The van der Waals surface area contributed by atoms with Crippen molar-refractivity contribution >= 4 is 22.7 Å². The van der Waals surface area contributed by atoms with Crippen LogP contribution in [0.3, 0.4) is 0 Å². The quantitative estimate of drug-likeness (QED) is 0.778. The number of benzene rings is 2. The van der Waals surface area contributed by atoms with Gasteiger partial charge in [-0.3, -0.25) is 9.78 Å². The number of carbonyl (C=O) groups excluding carboxylic acids is 1.